The van der Waals surface area contributed by atoms with Crippen LogP contribution >= 0.6 is 0 Å². The molecular formula is C58H76N4O10+2. The minimum absolute atomic E-state index is 0.171. The lowest BCUT2D eigenvalue weighted by Crippen LogP contribution is -2.34. The smallest absolute Gasteiger partial charge is 0.173 e. The van der Waals surface area contributed by atoms with Gasteiger partial charge in [0.2, 0.25) is 0 Å². The van der Waals surface area contributed by atoms with Crippen molar-refractivity contribution in [2.75, 3.05) is 145 Å². The van der Waals surface area contributed by atoms with Gasteiger partial charge in [0.1, 0.15) is 12.2 Å². The molecule has 3 aromatic carbocycles. The lowest BCUT2D eigenvalue weighted by Gasteiger charge is -2.19. The number of nitrogens with one attached hydrogen (secondary N) is 2. The molecule has 2 aliphatic heterocycles. The maximum atomic E-state index is 6.26. The Morgan fingerprint density at radius 2 is 0.625 bits per heavy atom. The molecule has 0 amide bonds. The van der Waals surface area contributed by atoms with Crippen LogP contribution in [0.5, 0.6) is 0 Å². The second-order valence-corrected chi connectivity index (χ2v) is 17.5. The fraction of sp³-hybridized carbons (Fsp3) is 0.448. The fourth-order valence-corrected chi connectivity index (χ4v) is 7.84. The molecule has 7 rings (SSSR count). The molecule has 2 N–H and O–H groups in total. The van der Waals surface area contributed by atoms with Crippen molar-refractivity contribution in [3.63, 3.8) is 0 Å². The first-order valence-corrected chi connectivity index (χ1v) is 25.6. The van der Waals surface area contributed by atoms with E-state index in [1.807, 2.05) is 0 Å². The van der Waals surface area contributed by atoms with Crippen molar-refractivity contribution in [3.05, 3.63) is 166 Å². The van der Waals surface area contributed by atoms with Crippen molar-refractivity contribution >= 4 is 24.3 Å². The zero-order chi connectivity index (χ0) is 49.4. The predicted molar refractivity (Wildman–Crippen MR) is 278 cm³/mol. The molecule has 5 aromatic rings. The Hall–Kier alpha value is -5.04. The molecule has 14 heteroatoms. The zero-order valence-corrected chi connectivity index (χ0v) is 42.0. The summed E-state index contributed by atoms with van der Waals surface area (Å²) in [6.45, 7) is 14.4. The van der Waals surface area contributed by atoms with E-state index in [1.54, 1.807) is 0 Å². The number of aromatic nitrogens is 2. The molecule has 4 heterocycles. The van der Waals surface area contributed by atoms with Gasteiger partial charge in [-0.1, -0.05) is 97.1 Å². The minimum atomic E-state index is -0.171. The third-order valence-corrected chi connectivity index (χ3v) is 12.0. The summed E-state index contributed by atoms with van der Waals surface area (Å²) in [4.78, 5) is 0. The molecule has 386 valence electrons. The molecule has 2 fully saturated rings. The first-order valence-electron chi connectivity index (χ1n) is 25.6. The molecule has 0 aliphatic carbocycles. The van der Waals surface area contributed by atoms with E-state index >= 15 is 0 Å². The first kappa shape index (κ1) is 54.7. The average molecular weight is 989 g/mol. The largest absolute Gasteiger partial charge is 0.378 e. The van der Waals surface area contributed by atoms with Gasteiger partial charge in [-0.25, -0.2) is 9.13 Å². The predicted octanol–water partition coefficient (Wildman–Crippen LogP) is 6.15. The van der Waals surface area contributed by atoms with Gasteiger partial charge in [0.05, 0.1) is 119 Å². The van der Waals surface area contributed by atoms with Crippen LogP contribution in [0.15, 0.2) is 122 Å². The monoisotopic (exact) mass is 989 g/mol. The lowest BCUT2D eigenvalue weighted by atomic mass is 10.1. The Labute approximate surface area is 426 Å². The van der Waals surface area contributed by atoms with E-state index in [2.05, 4.69) is 166 Å². The number of benzene rings is 3. The van der Waals surface area contributed by atoms with Gasteiger partial charge in [0.15, 0.2) is 37.9 Å². The van der Waals surface area contributed by atoms with Crippen molar-refractivity contribution < 1.29 is 56.5 Å². The maximum absolute atomic E-state index is 6.26. The molecule has 2 atom stereocenters. The van der Waals surface area contributed by atoms with Crippen LogP contribution in [0.25, 0.3) is 24.3 Å². The fourth-order valence-electron chi connectivity index (χ4n) is 7.84. The highest BCUT2D eigenvalue weighted by Gasteiger charge is 2.15. The standard InChI is InChI=1S/C58H76N4O10/c1(49-9-13-55(14-10-49)57-47-69-43-41-67-39-37-65-35-33-63-29-21-59-23-31-71-57)3-51-17-25-61(26-18-51)45-53-5-7-54(8-6-53)46-62-27-19-52(20-28-62)4-2-50-11-15-56(16-12-50)58-48-70-44-42-68-40-38-66-36-34-64-30-22-60-24-32-72-58/h1-20,25-28,57-60H,21-24,29-48H2/q+2/b3-1+,4-2+. The summed E-state index contributed by atoms with van der Waals surface area (Å²) in [7, 11) is 0. The topological polar surface area (TPSA) is 124 Å². The van der Waals surface area contributed by atoms with Gasteiger partial charge < -0.3 is 58.0 Å². The van der Waals surface area contributed by atoms with Gasteiger partial charge in [0.25, 0.3) is 0 Å². The second kappa shape index (κ2) is 33.6. The Morgan fingerprint density at radius 3 is 0.972 bits per heavy atom. The van der Waals surface area contributed by atoms with Crippen LogP contribution in [-0.4, -0.2) is 145 Å². The molecule has 0 radical (unpaired) electrons. The zero-order valence-electron chi connectivity index (χ0n) is 42.0. The summed E-state index contributed by atoms with van der Waals surface area (Å²) < 4.78 is 62.4. The van der Waals surface area contributed by atoms with Crippen molar-refractivity contribution in [1.82, 2.24) is 10.6 Å². The van der Waals surface area contributed by atoms with E-state index in [9.17, 15) is 0 Å². The van der Waals surface area contributed by atoms with Crippen LogP contribution in [0.2, 0.25) is 0 Å². The summed E-state index contributed by atoms with van der Waals surface area (Å²) in [5.41, 5.74) is 9.18. The Morgan fingerprint density at radius 1 is 0.333 bits per heavy atom. The minimum Gasteiger partial charge on any atom is -0.378 e. The Kier molecular flexibility index (Phi) is 25.6. The second-order valence-electron chi connectivity index (χ2n) is 17.5. The van der Waals surface area contributed by atoms with Gasteiger partial charge in [-0.3, -0.25) is 0 Å². The van der Waals surface area contributed by atoms with E-state index in [1.165, 1.54) is 11.1 Å². The van der Waals surface area contributed by atoms with Gasteiger partial charge in [-0.15, -0.1) is 0 Å². The van der Waals surface area contributed by atoms with Crippen molar-refractivity contribution in [1.29, 1.82) is 0 Å². The number of pyridine rings is 2. The summed E-state index contributed by atoms with van der Waals surface area (Å²) in [5.74, 6) is 0. The third-order valence-electron chi connectivity index (χ3n) is 12.0. The lowest BCUT2D eigenvalue weighted by molar-refractivity contribution is -0.689. The molecular weight excluding hydrogens is 913 g/mol. The number of rotatable bonds is 10. The highest BCUT2D eigenvalue weighted by Crippen LogP contribution is 2.21. The van der Waals surface area contributed by atoms with Crippen LogP contribution < -0.4 is 19.8 Å². The van der Waals surface area contributed by atoms with Gasteiger partial charge in [-0.05, 0) is 33.4 Å². The van der Waals surface area contributed by atoms with Gasteiger partial charge >= 0.3 is 0 Å². The van der Waals surface area contributed by atoms with Crippen LogP contribution in [0.3, 0.4) is 0 Å². The summed E-state index contributed by atoms with van der Waals surface area (Å²) in [6.07, 6.45) is 16.8. The Balaban J connectivity index is 0.829. The normalized spacial score (nSPS) is 20.3. The SMILES string of the molecule is C(=C\c1cc[n+](Cc2ccc(C[n+]3ccc(/C=C/c4ccc(C5COCCOCCOCCOCCNCCO5)cc4)cc3)cc2)cc1)/c1ccc(C2COCCOCCOCCOCCNCCO2)cc1. The van der Waals surface area contributed by atoms with E-state index in [4.69, 9.17) is 47.4 Å². The van der Waals surface area contributed by atoms with E-state index in [-0.39, 0.29) is 12.2 Å². The summed E-state index contributed by atoms with van der Waals surface area (Å²) >= 11 is 0. The molecule has 0 bridgehead atoms. The highest BCUT2D eigenvalue weighted by molar-refractivity contribution is 5.70. The number of ether oxygens (including phenoxy) is 10. The molecule has 2 unspecified atom stereocenters. The van der Waals surface area contributed by atoms with Crippen LogP contribution in [0, 0.1) is 0 Å². The van der Waals surface area contributed by atoms with Crippen LogP contribution in [0.4, 0.5) is 0 Å². The molecule has 14 nitrogen and oxygen atoms in total. The van der Waals surface area contributed by atoms with Crippen molar-refractivity contribution in [3.8, 4) is 0 Å². The molecule has 2 aliphatic rings. The first-order chi connectivity index (χ1) is 35.7. The summed E-state index contributed by atoms with van der Waals surface area (Å²) in [6, 6.07) is 34.5. The van der Waals surface area contributed by atoms with E-state index in [0.717, 1.165) is 72.6 Å². The maximum Gasteiger partial charge on any atom is 0.173 e. The molecule has 0 spiro atoms. The number of hydrogen-bond acceptors (Lipinski definition) is 12. The van der Waals surface area contributed by atoms with Gasteiger partial charge in [-0.2, -0.15) is 0 Å². The molecule has 2 saturated heterocycles. The van der Waals surface area contributed by atoms with Crippen molar-refractivity contribution in [2.45, 2.75) is 25.3 Å². The number of nitrogens with zero attached hydrogens (tertiary/aromatic N) is 2. The van der Waals surface area contributed by atoms with Crippen LogP contribution in [-0.2, 0) is 60.5 Å². The van der Waals surface area contributed by atoms with E-state index in [0.29, 0.717) is 119 Å². The Bertz CT molecular complexity index is 2050. The van der Waals surface area contributed by atoms with Gasteiger partial charge in [0, 0.05) is 61.6 Å². The van der Waals surface area contributed by atoms with Crippen LogP contribution in [0.1, 0.15) is 56.7 Å². The third kappa shape index (κ3) is 21.6. The molecule has 2 aromatic heterocycles. The number of hydrogen-bond donors (Lipinski definition) is 2. The quantitative estimate of drug-likeness (QED) is 0.156. The van der Waals surface area contributed by atoms with Crippen molar-refractivity contribution in [2.24, 2.45) is 0 Å². The van der Waals surface area contributed by atoms with E-state index < -0.39 is 0 Å². The average Bonchev–Trinajstić information content (AvgIpc) is 3.41. The highest BCUT2D eigenvalue weighted by atomic mass is 16.6. The molecule has 0 saturated carbocycles. The molecule has 72 heavy (non-hydrogen) atoms. The summed E-state index contributed by atoms with van der Waals surface area (Å²) in [5, 5.41) is 6.75.